The Hall–Kier alpha value is -2.45. The summed E-state index contributed by atoms with van der Waals surface area (Å²) in [6, 6.07) is 11.7. The van der Waals surface area contributed by atoms with Crippen molar-refractivity contribution in [2.24, 2.45) is 5.92 Å². The molecule has 2 aromatic carbocycles. The average molecular weight is 340 g/mol. The van der Waals surface area contributed by atoms with E-state index in [0.717, 1.165) is 29.3 Å². The molecule has 0 radical (unpaired) electrons. The van der Waals surface area contributed by atoms with Gasteiger partial charge in [0.15, 0.2) is 0 Å². The minimum Gasteiger partial charge on any atom is -0.381 e. The number of halogens is 2. The zero-order chi connectivity index (χ0) is 17.4. The van der Waals surface area contributed by atoms with Gasteiger partial charge in [-0.1, -0.05) is 12.1 Å². The largest absolute Gasteiger partial charge is 0.381 e. The van der Waals surface area contributed by atoms with Crippen LogP contribution in [0.15, 0.2) is 36.4 Å². The number of nitriles is 1. The Morgan fingerprint density at radius 1 is 1.16 bits per heavy atom. The number of anilines is 1. The van der Waals surface area contributed by atoms with Crippen molar-refractivity contribution in [3.8, 4) is 6.07 Å². The van der Waals surface area contributed by atoms with Crippen LogP contribution in [-0.4, -0.2) is 13.2 Å². The third kappa shape index (κ3) is 2.98. The summed E-state index contributed by atoms with van der Waals surface area (Å²) in [5.41, 5.74) is 3.68. The first-order chi connectivity index (χ1) is 12.2. The third-order valence-corrected chi connectivity index (χ3v) is 5.19. The third-order valence-electron chi connectivity index (χ3n) is 5.19. The number of nitrogens with one attached hydrogen (secondary N) is 1. The molecule has 0 saturated carbocycles. The van der Waals surface area contributed by atoms with Crippen LogP contribution in [0.3, 0.4) is 0 Å². The minimum absolute atomic E-state index is 0.153. The van der Waals surface area contributed by atoms with Crippen LogP contribution < -0.4 is 5.32 Å². The SMILES string of the molecule is N#CCc1ccc2c(c1)C1COCCC1C(c1cc(F)cc(F)c1)N2. The molecule has 2 aliphatic heterocycles. The van der Waals surface area contributed by atoms with E-state index in [1.54, 1.807) is 0 Å². The number of rotatable bonds is 2. The molecule has 3 atom stereocenters. The monoisotopic (exact) mass is 340 g/mol. The summed E-state index contributed by atoms with van der Waals surface area (Å²) in [6.07, 6.45) is 1.19. The van der Waals surface area contributed by atoms with Crippen LogP contribution in [0, 0.1) is 28.9 Å². The van der Waals surface area contributed by atoms with Gasteiger partial charge in [0.25, 0.3) is 0 Å². The van der Waals surface area contributed by atoms with Crippen molar-refractivity contribution < 1.29 is 13.5 Å². The highest BCUT2D eigenvalue weighted by molar-refractivity contribution is 5.59. The molecule has 25 heavy (non-hydrogen) atoms. The maximum absolute atomic E-state index is 13.7. The molecule has 1 N–H and O–H groups in total. The average Bonchev–Trinajstić information content (AvgIpc) is 2.60. The quantitative estimate of drug-likeness (QED) is 0.886. The van der Waals surface area contributed by atoms with E-state index in [2.05, 4.69) is 17.5 Å². The number of benzene rings is 2. The summed E-state index contributed by atoms with van der Waals surface area (Å²) in [5, 5.41) is 12.4. The molecule has 0 aliphatic carbocycles. The van der Waals surface area contributed by atoms with Crippen molar-refractivity contribution in [1.82, 2.24) is 0 Å². The van der Waals surface area contributed by atoms with Crippen LogP contribution in [0.1, 0.15) is 35.1 Å². The summed E-state index contributed by atoms with van der Waals surface area (Å²) in [5.74, 6) is -0.772. The molecule has 1 saturated heterocycles. The molecule has 0 bridgehead atoms. The Morgan fingerprint density at radius 3 is 2.72 bits per heavy atom. The van der Waals surface area contributed by atoms with Gasteiger partial charge in [-0.05, 0) is 47.2 Å². The number of nitrogens with zero attached hydrogens (tertiary/aromatic N) is 1. The fourth-order valence-electron chi connectivity index (χ4n) is 4.09. The molecule has 1 fully saturated rings. The second-order valence-corrected chi connectivity index (χ2v) is 6.72. The molecule has 128 valence electrons. The summed E-state index contributed by atoms with van der Waals surface area (Å²) >= 11 is 0. The zero-order valence-corrected chi connectivity index (χ0v) is 13.6. The molecule has 3 nitrogen and oxygen atoms in total. The first-order valence-corrected chi connectivity index (χ1v) is 8.46. The van der Waals surface area contributed by atoms with Gasteiger partial charge in [0.05, 0.1) is 25.1 Å². The van der Waals surface area contributed by atoms with Gasteiger partial charge in [0.1, 0.15) is 11.6 Å². The van der Waals surface area contributed by atoms with Crippen molar-refractivity contribution in [2.45, 2.75) is 24.8 Å². The van der Waals surface area contributed by atoms with Gasteiger partial charge in [-0.25, -0.2) is 8.78 Å². The van der Waals surface area contributed by atoms with Crippen molar-refractivity contribution >= 4 is 5.69 Å². The summed E-state index contributed by atoms with van der Waals surface area (Å²) in [6.45, 7) is 1.23. The summed E-state index contributed by atoms with van der Waals surface area (Å²) in [4.78, 5) is 0. The van der Waals surface area contributed by atoms with Gasteiger partial charge >= 0.3 is 0 Å². The lowest BCUT2D eigenvalue weighted by Crippen LogP contribution is -2.37. The minimum atomic E-state index is -0.560. The maximum atomic E-state index is 13.7. The molecule has 4 rings (SSSR count). The molecule has 2 aliphatic rings. The van der Waals surface area contributed by atoms with Crippen molar-refractivity contribution in [2.75, 3.05) is 18.5 Å². The van der Waals surface area contributed by atoms with Crippen molar-refractivity contribution in [1.29, 1.82) is 5.26 Å². The number of hydrogen-bond donors (Lipinski definition) is 1. The number of fused-ring (bicyclic) bond motifs is 3. The van der Waals surface area contributed by atoms with E-state index in [0.29, 0.717) is 25.2 Å². The number of ether oxygens (including phenoxy) is 1. The van der Waals surface area contributed by atoms with Gasteiger partial charge in [-0.15, -0.1) is 0 Å². The van der Waals surface area contributed by atoms with Crippen LogP contribution in [0.2, 0.25) is 0 Å². The van der Waals surface area contributed by atoms with E-state index in [9.17, 15) is 8.78 Å². The molecular formula is C20H18F2N2O. The van der Waals surface area contributed by atoms with Gasteiger partial charge in [0, 0.05) is 24.3 Å². The fourth-order valence-corrected chi connectivity index (χ4v) is 4.09. The highest BCUT2D eigenvalue weighted by Gasteiger charge is 2.39. The van der Waals surface area contributed by atoms with Crippen LogP contribution in [-0.2, 0) is 11.2 Å². The van der Waals surface area contributed by atoms with E-state index in [1.807, 2.05) is 12.1 Å². The van der Waals surface area contributed by atoms with E-state index in [4.69, 9.17) is 10.00 Å². The van der Waals surface area contributed by atoms with Gasteiger partial charge in [0.2, 0.25) is 0 Å². The first kappa shape index (κ1) is 16.0. The maximum Gasteiger partial charge on any atom is 0.126 e. The highest BCUT2D eigenvalue weighted by Crippen LogP contribution is 2.48. The lowest BCUT2D eigenvalue weighted by molar-refractivity contribution is 0.0380. The van der Waals surface area contributed by atoms with Crippen molar-refractivity contribution in [3.05, 3.63) is 64.7 Å². The van der Waals surface area contributed by atoms with Crippen LogP contribution >= 0.6 is 0 Å². The Balaban J connectivity index is 1.77. The van der Waals surface area contributed by atoms with Gasteiger partial charge in [-0.2, -0.15) is 5.26 Å². The predicted molar refractivity (Wildman–Crippen MR) is 90.1 cm³/mol. The van der Waals surface area contributed by atoms with Gasteiger partial charge in [-0.3, -0.25) is 0 Å². The molecule has 3 unspecified atom stereocenters. The lowest BCUT2D eigenvalue weighted by atomic mass is 9.72. The zero-order valence-electron chi connectivity index (χ0n) is 13.6. The van der Waals surface area contributed by atoms with Crippen LogP contribution in [0.5, 0.6) is 0 Å². The van der Waals surface area contributed by atoms with E-state index >= 15 is 0 Å². The first-order valence-electron chi connectivity index (χ1n) is 8.46. The van der Waals surface area contributed by atoms with Gasteiger partial charge < -0.3 is 10.1 Å². The Bertz CT molecular complexity index is 826. The highest BCUT2D eigenvalue weighted by atomic mass is 19.1. The molecule has 5 heteroatoms. The van der Waals surface area contributed by atoms with E-state index in [-0.39, 0.29) is 17.9 Å². The van der Waals surface area contributed by atoms with Crippen LogP contribution in [0.25, 0.3) is 0 Å². The smallest absolute Gasteiger partial charge is 0.126 e. The molecule has 2 heterocycles. The molecule has 0 aromatic heterocycles. The summed E-state index contributed by atoms with van der Waals surface area (Å²) in [7, 11) is 0. The number of hydrogen-bond acceptors (Lipinski definition) is 3. The normalized spacial score (nSPS) is 24.6. The molecule has 2 aromatic rings. The summed E-state index contributed by atoms with van der Waals surface area (Å²) < 4.78 is 33.1. The molecule has 0 spiro atoms. The predicted octanol–water partition coefficient (Wildman–Crippen LogP) is 4.32. The lowest BCUT2D eigenvalue weighted by Gasteiger charge is -2.43. The van der Waals surface area contributed by atoms with Crippen LogP contribution in [0.4, 0.5) is 14.5 Å². The second-order valence-electron chi connectivity index (χ2n) is 6.72. The Kier molecular flexibility index (Phi) is 4.14. The van der Waals surface area contributed by atoms with E-state index < -0.39 is 11.6 Å². The Labute approximate surface area is 145 Å². The Morgan fingerprint density at radius 2 is 1.96 bits per heavy atom. The topological polar surface area (TPSA) is 45.0 Å². The second kappa shape index (κ2) is 6.45. The van der Waals surface area contributed by atoms with E-state index in [1.165, 1.54) is 12.1 Å². The molecular weight excluding hydrogens is 322 g/mol. The fraction of sp³-hybridized carbons (Fsp3) is 0.350. The molecule has 0 amide bonds. The standard InChI is InChI=1S/C20H18F2N2O/c21-14-8-13(9-15(22)10-14)20-16-4-6-25-11-18(16)17-7-12(3-5-23)1-2-19(17)24-20/h1-2,7-10,16,18,20,24H,3-4,6,11H2. The van der Waals surface area contributed by atoms with Crippen molar-refractivity contribution in [3.63, 3.8) is 0 Å².